The van der Waals surface area contributed by atoms with Crippen molar-refractivity contribution >= 4 is 22.7 Å². The van der Waals surface area contributed by atoms with Gasteiger partial charge in [-0.15, -0.1) is 11.3 Å². The molecule has 0 aromatic carbocycles. The largest absolute Gasteiger partial charge is 0.467 e. The maximum absolute atomic E-state index is 9.87. The van der Waals surface area contributed by atoms with Crippen molar-refractivity contribution < 1.29 is 9.52 Å². The lowest BCUT2D eigenvalue weighted by Gasteiger charge is -2.08. The lowest BCUT2D eigenvalue weighted by Crippen LogP contribution is -2.20. The third-order valence-electron chi connectivity index (χ3n) is 2.84. The molecule has 0 aliphatic heterocycles. The fraction of sp³-hybridized carbons (Fsp3) is 0.214. The summed E-state index contributed by atoms with van der Waals surface area (Å²) < 4.78 is 5.15. The molecular formula is C14H14N2O2S2. The highest BCUT2D eigenvalue weighted by atomic mass is 32.1. The highest BCUT2D eigenvalue weighted by Gasteiger charge is 2.10. The minimum Gasteiger partial charge on any atom is -0.467 e. The number of rotatable bonds is 6. The SMILES string of the molecule is OC(CNCc1csc(-c2ccsc2)n1)c1ccco1. The molecule has 0 fully saturated rings. The Morgan fingerprint density at radius 1 is 1.35 bits per heavy atom. The fourth-order valence-electron chi connectivity index (χ4n) is 1.83. The molecule has 0 spiro atoms. The van der Waals surface area contributed by atoms with Crippen LogP contribution in [0.5, 0.6) is 0 Å². The van der Waals surface area contributed by atoms with Crippen LogP contribution in [0.2, 0.25) is 0 Å². The Balaban J connectivity index is 1.52. The second-order valence-electron chi connectivity index (χ2n) is 4.32. The lowest BCUT2D eigenvalue weighted by atomic mass is 10.2. The van der Waals surface area contributed by atoms with Crippen LogP contribution >= 0.6 is 22.7 Å². The topological polar surface area (TPSA) is 58.3 Å². The van der Waals surface area contributed by atoms with Gasteiger partial charge in [-0.25, -0.2) is 4.98 Å². The molecule has 0 aliphatic rings. The van der Waals surface area contributed by atoms with Crippen LogP contribution in [0.4, 0.5) is 0 Å². The second kappa shape index (κ2) is 6.32. The van der Waals surface area contributed by atoms with E-state index in [2.05, 4.69) is 21.7 Å². The molecule has 0 amide bonds. The van der Waals surface area contributed by atoms with Crippen molar-refractivity contribution in [2.45, 2.75) is 12.6 Å². The second-order valence-corrected chi connectivity index (χ2v) is 5.96. The van der Waals surface area contributed by atoms with Gasteiger partial charge in [0.25, 0.3) is 0 Å². The van der Waals surface area contributed by atoms with Gasteiger partial charge in [0.2, 0.25) is 0 Å². The van der Waals surface area contributed by atoms with Gasteiger partial charge >= 0.3 is 0 Å². The smallest absolute Gasteiger partial charge is 0.133 e. The van der Waals surface area contributed by atoms with Crippen LogP contribution in [0.15, 0.2) is 45.0 Å². The summed E-state index contributed by atoms with van der Waals surface area (Å²) in [4.78, 5) is 4.57. The van der Waals surface area contributed by atoms with Gasteiger partial charge in [0.15, 0.2) is 0 Å². The third-order valence-corrected chi connectivity index (χ3v) is 4.46. The molecule has 4 nitrogen and oxygen atoms in total. The number of aromatic nitrogens is 1. The molecule has 6 heteroatoms. The molecular weight excluding hydrogens is 292 g/mol. The zero-order valence-electron chi connectivity index (χ0n) is 10.7. The summed E-state index contributed by atoms with van der Waals surface area (Å²) in [6.45, 7) is 1.08. The van der Waals surface area contributed by atoms with Crippen LogP contribution in [0.1, 0.15) is 17.6 Å². The minimum atomic E-state index is -0.625. The molecule has 3 heterocycles. The zero-order chi connectivity index (χ0) is 13.8. The predicted molar refractivity (Wildman–Crippen MR) is 80.8 cm³/mol. The number of aliphatic hydroxyl groups is 1. The summed E-state index contributed by atoms with van der Waals surface area (Å²) in [7, 11) is 0. The molecule has 3 aromatic rings. The first-order valence-corrected chi connectivity index (χ1v) is 8.04. The summed E-state index contributed by atoms with van der Waals surface area (Å²) in [5.74, 6) is 0.578. The Bertz CT molecular complexity index is 632. The lowest BCUT2D eigenvalue weighted by molar-refractivity contribution is 0.147. The summed E-state index contributed by atoms with van der Waals surface area (Å²) in [6.07, 6.45) is 0.937. The highest BCUT2D eigenvalue weighted by molar-refractivity contribution is 7.14. The van der Waals surface area contributed by atoms with Crippen molar-refractivity contribution in [3.05, 3.63) is 52.1 Å². The van der Waals surface area contributed by atoms with E-state index in [-0.39, 0.29) is 0 Å². The van der Waals surface area contributed by atoms with Crippen molar-refractivity contribution in [2.75, 3.05) is 6.54 Å². The van der Waals surface area contributed by atoms with E-state index >= 15 is 0 Å². The first kappa shape index (κ1) is 13.5. The van der Waals surface area contributed by atoms with Gasteiger partial charge in [0.1, 0.15) is 16.9 Å². The van der Waals surface area contributed by atoms with Crippen LogP contribution in [0.3, 0.4) is 0 Å². The zero-order valence-corrected chi connectivity index (χ0v) is 12.3. The average molecular weight is 306 g/mol. The number of aliphatic hydroxyl groups excluding tert-OH is 1. The summed E-state index contributed by atoms with van der Waals surface area (Å²) in [5, 5.41) is 20.3. The highest BCUT2D eigenvalue weighted by Crippen LogP contribution is 2.25. The van der Waals surface area contributed by atoms with Crippen LogP contribution in [-0.2, 0) is 6.54 Å². The molecule has 0 bridgehead atoms. The van der Waals surface area contributed by atoms with Gasteiger partial charge in [-0.1, -0.05) is 0 Å². The molecule has 104 valence electrons. The number of nitrogens with one attached hydrogen (secondary N) is 1. The Labute approximate surface area is 124 Å². The van der Waals surface area contributed by atoms with Crippen molar-refractivity contribution in [3.8, 4) is 10.6 Å². The molecule has 2 N–H and O–H groups in total. The van der Waals surface area contributed by atoms with E-state index in [1.54, 1.807) is 41.1 Å². The monoisotopic (exact) mass is 306 g/mol. The number of nitrogens with zero attached hydrogens (tertiary/aromatic N) is 1. The minimum absolute atomic E-state index is 0.443. The molecule has 0 saturated carbocycles. The first-order chi connectivity index (χ1) is 9.83. The van der Waals surface area contributed by atoms with Gasteiger partial charge in [-0.3, -0.25) is 0 Å². The Kier molecular flexibility index (Phi) is 4.27. The fourth-order valence-corrected chi connectivity index (χ4v) is 3.36. The maximum Gasteiger partial charge on any atom is 0.133 e. The normalized spacial score (nSPS) is 12.7. The van der Waals surface area contributed by atoms with Gasteiger partial charge < -0.3 is 14.8 Å². The Hall–Kier alpha value is -1.47. The van der Waals surface area contributed by atoms with Crippen molar-refractivity contribution in [1.29, 1.82) is 0 Å². The molecule has 0 saturated heterocycles. The molecule has 20 heavy (non-hydrogen) atoms. The predicted octanol–water partition coefficient (Wildman–Crippen LogP) is 3.29. The summed E-state index contributed by atoms with van der Waals surface area (Å²) in [5.41, 5.74) is 2.16. The number of hydrogen-bond donors (Lipinski definition) is 2. The maximum atomic E-state index is 9.87. The van der Waals surface area contributed by atoms with Crippen molar-refractivity contribution in [1.82, 2.24) is 10.3 Å². The first-order valence-electron chi connectivity index (χ1n) is 6.22. The summed E-state index contributed by atoms with van der Waals surface area (Å²) in [6, 6.07) is 5.61. The van der Waals surface area contributed by atoms with E-state index in [9.17, 15) is 5.11 Å². The third kappa shape index (κ3) is 3.16. The number of hydrogen-bond acceptors (Lipinski definition) is 6. The summed E-state index contributed by atoms with van der Waals surface area (Å²) >= 11 is 3.31. The van der Waals surface area contributed by atoms with Crippen LogP contribution < -0.4 is 5.32 Å². The van der Waals surface area contributed by atoms with Crippen molar-refractivity contribution in [2.24, 2.45) is 0 Å². The van der Waals surface area contributed by atoms with Crippen LogP contribution in [0.25, 0.3) is 10.6 Å². The van der Waals surface area contributed by atoms with E-state index in [1.165, 1.54) is 5.56 Å². The van der Waals surface area contributed by atoms with E-state index in [0.29, 0.717) is 18.8 Å². The van der Waals surface area contributed by atoms with Crippen LogP contribution in [-0.4, -0.2) is 16.6 Å². The van der Waals surface area contributed by atoms with E-state index in [0.717, 1.165) is 10.7 Å². The molecule has 3 aromatic heterocycles. The average Bonchev–Trinajstić information content (AvgIpc) is 3.20. The van der Waals surface area contributed by atoms with E-state index < -0.39 is 6.10 Å². The number of thiophene rings is 1. The number of thiazole rings is 1. The van der Waals surface area contributed by atoms with Gasteiger partial charge in [0.05, 0.1) is 12.0 Å². The van der Waals surface area contributed by atoms with Gasteiger partial charge in [0, 0.05) is 29.4 Å². The molecule has 1 unspecified atom stereocenters. The molecule has 0 aliphatic carbocycles. The quantitative estimate of drug-likeness (QED) is 0.734. The van der Waals surface area contributed by atoms with Gasteiger partial charge in [-0.05, 0) is 23.6 Å². The standard InChI is InChI=1S/C14H14N2O2S2/c17-12(13-2-1-4-18-13)7-15-6-11-9-20-14(16-11)10-3-5-19-8-10/h1-5,8-9,12,15,17H,6-7H2. The van der Waals surface area contributed by atoms with E-state index in [4.69, 9.17) is 4.42 Å². The number of furan rings is 1. The Morgan fingerprint density at radius 2 is 2.30 bits per heavy atom. The molecule has 0 radical (unpaired) electrons. The van der Waals surface area contributed by atoms with Gasteiger partial charge in [-0.2, -0.15) is 11.3 Å². The Morgan fingerprint density at radius 3 is 3.05 bits per heavy atom. The molecule has 3 rings (SSSR count). The van der Waals surface area contributed by atoms with E-state index in [1.807, 2.05) is 10.8 Å². The van der Waals surface area contributed by atoms with Crippen molar-refractivity contribution in [3.63, 3.8) is 0 Å². The van der Waals surface area contributed by atoms with Crippen LogP contribution in [0, 0.1) is 0 Å². The molecule has 1 atom stereocenters.